The minimum atomic E-state index is -0.574. The Balaban J connectivity index is 2.17. The van der Waals surface area contributed by atoms with Crippen molar-refractivity contribution in [3.8, 4) is 0 Å². The van der Waals surface area contributed by atoms with Gasteiger partial charge in [0.05, 0.1) is 6.61 Å². The Hall–Kier alpha value is -2.68. The molecule has 0 fully saturated rings. The van der Waals surface area contributed by atoms with Gasteiger partial charge in [0.15, 0.2) is 11.0 Å². The maximum Gasteiger partial charge on any atom is 0.343 e. The first-order valence-electron chi connectivity index (χ1n) is 6.71. The van der Waals surface area contributed by atoms with Crippen molar-refractivity contribution in [1.82, 2.24) is 20.4 Å². The molecule has 0 saturated carbocycles. The number of ether oxygens (including phenoxy) is 1. The summed E-state index contributed by atoms with van der Waals surface area (Å²) in [6, 6.07) is 4.97. The number of hydrogen-bond donors (Lipinski definition) is 2. The van der Waals surface area contributed by atoms with Gasteiger partial charge >= 0.3 is 5.97 Å². The van der Waals surface area contributed by atoms with Crippen LogP contribution < -0.4 is 10.9 Å². The topological polar surface area (TPSA) is 106 Å². The molecule has 2 N–H and O–H groups in total. The summed E-state index contributed by atoms with van der Waals surface area (Å²) < 4.78 is 4.94. The lowest BCUT2D eigenvalue weighted by Crippen LogP contribution is -2.31. The predicted molar refractivity (Wildman–Crippen MR) is 85.1 cm³/mol. The average molecular weight is 333 g/mol. The van der Waals surface area contributed by atoms with Crippen molar-refractivity contribution in [2.75, 3.05) is 18.3 Å². The lowest BCUT2D eigenvalue weighted by Gasteiger charge is -2.11. The van der Waals surface area contributed by atoms with E-state index in [-0.39, 0.29) is 23.7 Å². The van der Waals surface area contributed by atoms with Crippen molar-refractivity contribution in [2.24, 2.45) is 0 Å². The molecule has 2 aromatic rings. The molecule has 0 aliphatic carbocycles. The van der Waals surface area contributed by atoms with Crippen molar-refractivity contribution in [1.29, 1.82) is 0 Å². The van der Waals surface area contributed by atoms with Crippen molar-refractivity contribution in [3.05, 3.63) is 41.9 Å². The van der Waals surface area contributed by atoms with Gasteiger partial charge in [-0.25, -0.2) is 14.8 Å². The van der Waals surface area contributed by atoms with E-state index in [1.807, 2.05) is 0 Å². The number of esters is 1. The number of nitrogens with one attached hydrogen (secondary N) is 2. The zero-order valence-corrected chi connectivity index (χ0v) is 13.4. The van der Waals surface area contributed by atoms with Crippen LogP contribution in [0.25, 0.3) is 0 Å². The van der Waals surface area contributed by atoms with E-state index in [9.17, 15) is 9.59 Å². The highest BCUT2D eigenvalue weighted by atomic mass is 32.2. The van der Waals surface area contributed by atoms with Gasteiger partial charge in [-0.1, -0.05) is 17.8 Å². The molecule has 0 aliphatic rings. The Kier molecular flexibility index (Phi) is 5.87. The SMILES string of the molecule is CCOC(=O)c1cnc(SC)nc1NNC(=O)c1ccccn1. The average Bonchev–Trinajstić information content (AvgIpc) is 2.60. The minimum absolute atomic E-state index is 0.131. The third kappa shape index (κ3) is 4.39. The summed E-state index contributed by atoms with van der Waals surface area (Å²) in [5.41, 5.74) is 5.43. The van der Waals surface area contributed by atoms with Gasteiger partial charge in [-0.3, -0.25) is 20.6 Å². The number of aromatic nitrogens is 3. The number of pyridine rings is 1. The van der Waals surface area contributed by atoms with Crippen LogP contribution in [0.4, 0.5) is 5.82 Å². The Bertz CT molecular complexity index is 696. The highest BCUT2D eigenvalue weighted by Gasteiger charge is 2.17. The molecule has 1 amide bonds. The summed E-state index contributed by atoms with van der Waals surface area (Å²) in [4.78, 5) is 36.0. The number of anilines is 1. The Morgan fingerprint density at radius 3 is 2.78 bits per heavy atom. The van der Waals surface area contributed by atoms with Gasteiger partial charge in [0.25, 0.3) is 5.91 Å². The Morgan fingerprint density at radius 1 is 1.30 bits per heavy atom. The minimum Gasteiger partial charge on any atom is -0.462 e. The first kappa shape index (κ1) is 16.7. The number of carbonyl (C=O) groups excluding carboxylic acids is 2. The van der Waals surface area contributed by atoms with Gasteiger partial charge in [0, 0.05) is 12.4 Å². The van der Waals surface area contributed by atoms with Crippen LogP contribution in [0.3, 0.4) is 0 Å². The summed E-state index contributed by atoms with van der Waals surface area (Å²) in [6.07, 6.45) is 4.66. The first-order valence-corrected chi connectivity index (χ1v) is 7.93. The van der Waals surface area contributed by atoms with Crippen LogP contribution in [0.15, 0.2) is 35.7 Å². The number of hydrogen-bond acceptors (Lipinski definition) is 8. The van der Waals surface area contributed by atoms with Gasteiger partial charge in [-0.2, -0.15) is 0 Å². The van der Waals surface area contributed by atoms with Gasteiger partial charge in [-0.05, 0) is 25.3 Å². The van der Waals surface area contributed by atoms with Crippen LogP contribution in [0.2, 0.25) is 0 Å². The van der Waals surface area contributed by atoms with Crippen molar-refractivity contribution >= 4 is 29.5 Å². The van der Waals surface area contributed by atoms with E-state index >= 15 is 0 Å². The number of thioether (sulfide) groups is 1. The van der Waals surface area contributed by atoms with Crippen LogP contribution in [-0.4, -0.2) is 39.7 Å². The van der Waals surface area contributed by atoms with Gasteiger partial charge in [0.2, 0.25) is 0 Å². The molecular formula is C14H15N5O3S. The van der Waals surface area contributed by atoms with Gasteiger partial charge in [0.1, 0.15) is 11.3 Å². The summed E-state index contributed by atoms with van der Waals surface area (Å²) in [5.74, 6) is -0.869. The molecule has 0 aromatic carbocycles. The standard InChI is InChI=1S/C14H15N5O3S/c1-3-22-13(21)9-8-16-14(23-2)17-11(9)18-19-12(20)10-6-4-5-7-15-10/h4-8H,3H2,1-2H3,(H,19,20)(H,16,17,18). The Labute approximate surface area is 137 Å². The molecule has 2 heterocycles. The monoisotopic (exact) mass is 333 g/mol. The highest BCUT2D eigenvalue weighted by Crippen LogP contribution is 2.17. The largest absolute Gasteiger partial charge is 0.462 e. The van der Waals surface area contributed by atoms with E-state index in [1.165, 1.54) is 24.2 Å². The molecule has 2 aromatic heterocycles. The van der Waals surface area contributed by atoms with Crippen molar-refractivity contribution in [2.45, 2.75) is 12.1 Å². The fourth-order valence-corrected chi connectivity index (χ4v) is 1.94. The normalized spacial score (nSPS) is 10.0. The van der Waals surface area contributed by atoms with Gasteiger partial charge < -0.3 is 4.74 Å². The lowest BCUT2D eigenvalue weighted by molar-refractivity contribution is 0.0526. The molecule has 23 heavy (non-hydrogen) atoms. The molecule has 0 bridgehead atoms. The number of hydrazine groups is 1. The zero-order valence-electron chi connectivity index (χ0n) is 12.6. The molecule has 0 atom stereocenters. The maximum atomic E-state index is 12.0. The van der Waals surface area contributed by atoms with Crippen LogP contribution in [0.5, 0.6) is 0 Å². The second-order valence-corrected chi connectivity index (χ2v) is 4.91. The molecule has 0 radical (unpaired) electrons. The fourth-order valence-electron chi connectivity index (χ4n) is 1.59. The van der Waals surface area contributed by atoms with Crippen molar-refractivity contribution in [3.63, 3.8) is 0 Å². The zero-order chi connectivity index (χ0) is 16.7. The van der Waals surface area contributed by atoms with Gasteiger partial charge in [-0.15, -0.1) is 0 Å². The van der Waals surface area contributed by atoms with Crippen LogP contribution >= 0.6 is 11.8 Å². The second kappa shape index (κ2) is 8.08. The van der Waals surface area contributed by atoms with E-state index in [4.69, 9.17) is 4.74 Å². The molecule has 0 unspecified atom stereocenters. The van der Waals surface area contributed by atoms with E-state index < -0.39 is 11.9 Å². The summed E-state index contributed by atoms with van der Waals surface area (Å²) in [7, 11) is 0. The molecule has 120 valence electrons. The molecule has 2 rings (SSSR count). The summed E-state index contributed by atoms with van der Waals surface area (Å²) >= 11 is 1.31. The molecule has 8 nitrogen and oxygen atoms in total. The Morgan fingerprint density at radius 2 is 2.13 bits per heavy atom. The summed E-state index contributed by atoms with van der Waals surface area (Å²) in [6.45, 7) is 1.92. The van der Waals surface area contributed by atoms with E-state index in [1.54, 1.807) is 31.4 Å². The maximum absolute atomic E-state index is 12.0. The molecule has 0 aliphatic heterocycles. The lowest BCUT2D eigenvalue weighted by atomic mass is 10.3. The molecule has 9 heteroatoms. The van der Waals surface area contributed by atoms with E-state index in [0.717, 1.165) is 0 Å². The van der Waals surface area contributed by atoms with E-state index in [2.05, 4.69) is 25.8 Å². The fraction of sp³-hybridized carbons (Fsp3) is 0.214. The smallest absolute Gasteiger partial charge is 0.343 e. The molecular weight excluding hydrogens is 318 g/mol. The number of carbonyl (C=O) groups is 2. The summed E-state index contributed by atoms with van der Waals surface area (Å²) in [5, 5.41) is 0.452. The third-order valence-corrected chi connectivity index (χ3v) is 3.20. The second-order valence-electron chi connectivity index (χ2n) is 4.13. The number of rotatable bonds is 6. The number of amides is 1. The predicted octanol–water partition coefficient (Wildman–Crippen LogP) is 1.53. The van der Waals surface area contributed by atoms with Crippen LogP contribution in [0.1, 0.15) is 27.8 Å². The van der Waals surface area contributed by atoms with E-state index in [0.29, 0.717) is 5.16 Å². The molecule has 0 spiro atoms. The van der Waals surface area contributed by atoms with Crippen molar-refractivity contribution < 1.29 is 14.3 Å². The third-order valence-electron chi connectivity index (χ3n) is 2.64. The highest BCUT2D eigenvalue weighted by molar-refractivity contribution is 7.98. The molecule has 0 saturated heterocycles. The van der Waals surface area contributed by atoms with Crippen LogP contribution in [0, 0.1) is 0 Å². The number of nitrogens with zero attached hydrogens (tertiary/aromatic N) is 3. The first-order chi connectivity index (χ1) is 11.2. The van der Waals surface area contributed by atoms with Crippen LogP contribution in [-0.2, 0) is 4.74 Å². The quantitative estimate of drug-likeness (QED) is 0.355.